The number of cyclic esters (lactones) is 1. The van der Waals surface area contributed by atoms with E-state index in [1.165, 1.54) is 11.1 Å². The van der Waals surface area contributed by atoms with Crippen LogP contribution in [0.4, 0.5) is 0 Å². The molecular formula is C18H16O2. The first-order valence-corrected chi connectivity index (χ1v) is 6.82. The van der Waals surface area contributed by atoms with Crippen LogP contribution in [0.25, 0.3) is 0 Å². The topological polar surface area (TPSA) is 26.3 Å². The molecule has 2 nitrogen and oxygen atoms in total. The Morgan fingerprint density at radius 2 is 1.50 bits per heavy atom. The van der Waals surface area contributed by atoms with Crippen LogP contribution < -0.4 is 0 Å². The predicted molar refractivity (Wildman–Crippen MR) is 78.0 cm³/mol. The molecule has 0 spiro atoms. The van der Waals surface area contributed by atoms with E-state index in [4.69, 9.17) is 4.74 Å². The van der Waals surface area contributed by atoms with Gasteiger partial charge in [0.1, 0.15) is 11.7 Å². The molecule has 1 heterocycles. The Bertz CT molecular complexity index is 614. The van der Waals surface area contributed by atoms with Gasteiger partial charge in [-0.1, -0.05) is 60.7 Å². The fourth-order valence-corrected chi connectivity index (χ4v) is 2.37. The third-order valence-corrected chi connectivity index (χ3v) is 3.51. The van der Waals surface area contributed by atoms with Crippen molar-refractivity contribution in [2.75, 3.05) is 0 Å². The van der Waals surface area contributed by atoms with E-state index in [9.17, 15) is 4.79 Å². The Morgan fingerprint density at radius 3 is 2.10 bits per heavy atom. The van der Waals surface area contributed by atoms with Crippen LogP contribution >= 0.6 is 0 Å². The van der Waals surface area contributed by atoms with Crippen molar-refractivity contribution in [3.63, 3.8) is 0 Å². The number of carbonyl (C=O) groups excluding carboxylic acids is 1. The zero-order chi connectivity index (χ0) is 13.8. The van der Waals surface area contributed by atoms with Gasteiger partial charge in [-0.25, -0.2) is 0 Å². The molecule has 1 aliphatic heterocycles. The lowest BCUT2D eigenvalue weighted by atomic mass is 9.92. The number of benzene rings is 2. The van der Waals surface area contributed by atoms with Crippen LogP contribution in [0.5, 0.6) is 0 Å². The van der Waals surface area contributed by atoms with Crippen LogP contribution in [0.15, 0.2) is 72.5 Å². The van der Waals surface area contributed by atoms with Crippen LogP contribution in [0.2, 0.25) is 0 Å². The van der Waals surface area contributed by atoms with Gasteiger partial charge in [0, 0.05) is 0 Å². The van der Waals surface area contributed by atoms with Crippen LogP contribution in [-0.4, -0.2) is 5.97 Å². The molecule has 0 saturated carbocycles. The van der Waals surface area contributed by atoms with Crippen LogP contribution in [0.3, 0.4) is 0 Å². The first-order valence-electron chi connectivity index (χ1n) is 6.82. The minimum atomic E-state index is -0.117. The zero-order valence-corrected chi connectivity index (χ0v) is 11.2. The van der Waals surface area contributed by atoms with Gasteiger partial charge in [-0.2, -0.15) is 0 Å². The molecule has 2 aromatic rings. The number of esters is 1. The average Bonchev–Trinajstić information content (AvgIpc) is 2.51. The molecule has 0 amide bonds. The summed E-state index contributed by atoms with van der Waals surface area (Å²) in [6, 6.07) is 20.2. The van der Waals surface area contributed by atoms with Crippen molar-refractivity contribution in [2.45, 2.75) is 12.8 Å². The highest BCUT2D eigenvalue weighted by Crippen LogP contribution is 2.30. The maximum absolute atomic E-state index is 11.6. The first-order chi connectivity index (χ1) is 9.83. The molecule has 2 aromatic carbocycles. The minimum Gasteiger partial charge on any atom is -0.430 e. The van der Waals surface area contributed by atoms with Gasteiger partial charge in [0.25, 0.3) is 0 Å². The molecule has 1 atom stereocenters. The van der Waals surface area contributed by atoms with Gasteiger partial charge in [0.2, 0.25) is 0 Å². The molecule has 1 unspecified atom stereocenters. The SMILES string of the molecule is O=C1O/C(=C\Cc2ccccc2)C1Cc1ccccc1. The molecule has 1 saturated heterocycles. The molecule has 0 radical (unpaired) electrons. The Labute approximate surface area is 118 Å². The van der Waals surface area contributed by atoms with Crippen molar-refractivity contribution >= 4 is 5.97 Å². The zero-order valence-electron chi connectivity index (χ0n) is 11.2. The fourth-order valence-electron chi connectivity index (χ4n) is 2.37. The van der Waals surface area contributed by atoms with E-state index in [0.717, 1.165) is 18.6 Å². The molecule has 0 aromatic heterocycles. The molecule has 20 heavy (non-hydrogen) atoms. The number of carbonyl (C=O) groups is 1. The lowest BCUT2D eigenvalue weighted by molar-refractivity contribution is -0.157. The van der Waals surface area contributed by atoms with Crippen molar-refractivity contribution in [1.29, 1.82) is 0 Å². The normalized spacial score (nSPS) is 19.5. The summed E-state index contributed by atoms with van der Waals surface area (Å²) in [7, 11) is 0. The van der Waals surface area contributed by atoms with Crippen molar-refractivity contribution in [1.82, 2.24) is 0 Å². The van der Waals surface area contributed by atoms with Gasteiger partial charge in [0.05, 0.1) is 0 Å². The van der Waals surface area contributed by atoms with Crippen molar-refractivity contribution in [3.05, 3.63) is 83.6 Å². The quantitative estimate of drug-likeness (QED) is 0.790. The summed E-state index contributed by atoms with van der Waals surface area (Å²) in [6.07, 6.45) is 3.54. The van der Waals surface area contributed by atoms with E-state index >= 15 is 0 Å². The number of hydrogen-bond acceptors (Lipinski definition) is 2. The Kier molecular flexibility index (Phi) is 3.64. The predicted octanol–water partition coefficient (Wildman–Crippen LogP) is 3.53. The van der Waals surface area contributed by atoms with Gasteiger partial charge in [-0.05, 0) is 30.0 Å². The summed E-state index contributed by atoms with van der Waals surface area (Å²) in [5, 5.41) is 0. The molecular weight excluding hydrogens is 248 g/mol. The minimum absolute atomic E-state index is 0.110. The Morgan fingerprint density at radius 1 is 0.900 bits per heavy atom. The highest BCUT2D eigenvalue weighted by atomic mass is 16.6. The molecule has 100 valence electrons. The lowest BCUT2D eigenvalue weighted by Crippen LogP contribution is -2.34. The summed E-state index contributed by atoms with van der Waals surface area (Å²) in [5.41, 5.74) is 2.39. The molecule has 0 aliphatic carbocycles. The van der Waals surface area contributed by atoms with E-state index in [0.29, 0.717) is 0 Å². The number of ether oxygens (including phenoxy) is 1. The highest BCUT2D eigenvalue weighted by Gasteiger charge is 2.36. The number of hydrogen-bond donors (Lipinski definition) is 0. The van der Waals surface area contributed by atoms with Gasteiger partial charge in [0.15, 0.2) is 0 Å². The smallest absolute Gasteiger partial charge is 0.322 e. The van der Waals surface area contributed by atoms with Gasteiger partial charge in [-0.15, -0.1) is 0 Å². The third kappa shape index (κ3) is 2.80. The van der Waals surface area contributed by atoms with E-state index in [-0.39, 0.29) is 11.9 Å². The van der Waals surface area contributed by atoms with Crippen molar-refractivity contribution in [3.8, 4) is 0 Å². The highest BCUT2D eigenvalue weighted by molar-refractivity contribution is 5.83. The van der Waals surface area contributed by atoms with Gasteiger partial charge < -0.3 is 4.74 Å². The summed E-state index contributed by atoms with van der Waals surface area (Å²) < 4.78 is 5.17. The summed E-state index contributed by atoms with van der Waals surface area (Å²) in [6.45, 7) is 0. The van der Waals surface area contributed by atoms with Crippen molar-refractivity contribution < 1.29 is 9.53 Å². The van der Waals surface area contributed by atoms with E-state index in [2.05, 4.69) is 12.1 Å². The first kappa shape index (κ1) is 12.7. The number of allylic oxidation sites excluding steroid dienone is 1. The molecule has 2 heteroatoms. The van der Waals surface area contributed by atoms with Crippen LogP contribution in [-0.2, 0) is 22.4 Å². The largest absolute Gasteiger partial charge is 0.430 e. The monoisotopic (exact) mass is 264 g/mol. The third-order valence-electron chi connectivity index (χ3n) is 3.51. The second-order valence-corrected chi connectivity index (χ2v) is 4.96. The molecule has 0 bridgehead atoms. The maximum Gasteiger partial charge on any atom is 0.322 e. The number of rotatable bonds is 4. The Hall–Kier alpha value is -2.35. The summed E-state index contributed by atoms with van der Waals surface area (Å²) in [5.74, 6) is 0.581. The van der Waals surface area contributed by atoms with Gasteiger partial charge in [-0.3, -0.25) is 4.79 Å². The van der Waals surface area contributed by atoms with E-state index < -0.39 is 0 Å². The van der Waals surface area contributed by atoms with Crippen molar-refractivity contribution in [2.24, 2.45) is 5.92 Å². The second-order valence-electron chi connectivity index (χ2n) is 4.96. The van der Waals surface area contributed by atoms with Crippen LogP contribution in [0.1, 0.15) is 11.1 Å². The standard InChI is InChI=1S/C18H16O2/c19-18-16(13-15-9-5-2-6-10-15)17(20-18)12-11-14-7-3-1-4-8-14/h1-10,12,16H,11,13H2/b17-12-. The fraction of sp³-hybridized carbons (Fsp3) is 0.167. The average molecular weight is 264 g/mol. The summed E-state index contributed by atoms with van der Waals surface area (Å²) >= 11 is 0. The van der Waals surface area contributed by atoms with Gasteiger partial charge >= 0.3 is 5.97 Å². The lowest BCUT2D eigenvalue weighted by Gasteiger charge is -2.28. The molecule has 1 aliphatic rings. The molecule has 0 N–H and O–H groups in total. The van der Waals surface area contributed by atoms with E-state index in [1.54, 1.807) is 0 Å². The Balaban J connectivity index is 1.67. The maximum atomic E-state index is 11.6. The van der Waals surface area contributed by atoms with Crippen LogP contribution in [0, 0.1) is 5.92 Å². The summed E-state index contributed by atoms with van der Waals surface area (Å²) in [4.78, 5) is 11.6. The van der Waals surface area contributed by atoms with E-state index in [1.807, 2.05) is 54.6 Å². The molecule has 3 rings (SSSR count). The molecule has 1 fully saturated rings. The second kappa shape index (κ2) is 5.74.